The molecule has 4 nitrogen and oxygen atoms in total. The lowest BCUT2D eigenvalue weighted by molar-refractivity contribution is 0.410. The van der Waals surface area contributed by atoms with E-state index >= 15 is 0 Å². The maximum atomic E-state index is 5.52. The Kier molecular flexibility index (Phi) is 6.97. The molecule has 1 aromatic carbocycles. The van der Waals surface area contributed by atoms with Gasteiger partial charge in [-0.05, 0) is 68.5 Å². The molecule has 2 aromatic rings. The Morgan fingerprint density at radius 2 is 2.07 bits per heavy atom. The van der Waals surface area contributed by atoms with Crippen LogP contribution < -0.4 is 4.74 Å². The number of hydrogen-bond donors (Lipinski definition) is 0. The number of fused-ring (bicyclic) bond motifs is 1. The summed E-state index contributed by atoms with van der Waals surface area (Å²) >= 11 is 0. The van der Waals surface area contributed by atoms with Crippen LogP contribution in [0.1, 0.15) is 56.1 Å². The first kappa shape index (κ1) is 21.0. The Labute approximate surface area is 175 Å². The fourth-order valence-electron chi connectivity index (χ4n) is 3.85. The third-order valence-corrected chi connectivity index (χ3v) is 5.48. The van der Waals surface area contributed by atoms with Crippen LogP contribution >= 0.6 is 0 Å². The van der Waals surface area contributed by atoms with Crippen molar-refractivity contribution in [1.82, 2.24) is 14.7 Å². The number of ether oxygens (including phenoxy) is 1. The van der Waals surface area contributed by atoms with Gasteiger partial charge < -0.3 is 9.64 Å². The van der Waals surface area contributed by atoms with Crippen LogP contribution in [-0.2, 0) is 12.8 Å². The van der Waals surface area contributed by atoms with Crippen molar-refractivity contribution in [1.29, 1.82) is 0 Å². The summed E-state index contributed by atoms with van der Waals surface area (Å²) in [5, 5.41) is 5.00. The van der Waals surface area contributed by atoms with E-state index in [4.69, 9.17) is 9.84 Å². The SMILES string of the molecule is C=C(c1cc2n(n1)/C(c1ccc(OC)c(CC)c1)=C\C=C/CC2)N(CC)CCC. The summed E-state index contributed by atoms with van der Waals surface area (Å²) < 4.78 is 7.62. The molecule has 29 heavy (non-hydrogen) atoms. The van der Waals surface area contributed by atoms with Crippen molar-refractivity contribution in [2.45, 2.75) is 46.5 Å². The van der Waals surface area contributed by atoms with Crippen molar-refractivity contribution in [2.24, 2.45) is 0 Å². The molecule has 0 saturated carbocycles. The number of allylic oxidation sites excluding steroid dienone is 3. The third-order valence-electron chi connectivity index (χ3n) is 5.48. The van der Waals surface area contributed by atoms with E-state index < -0.39 is 0 Å². The number of benzene rings is 1. The summed E-state index contributed by atoms with van der Waals surface area (Å²) in [5.41, 5.74) is 6.63. The molecule has 4 heteroatoms. The van der Waals surface area contributed by atoms with Crippen molar-refractivity contribution >= 4 is 11.4 Å². The highest BCUT2D eigenvalue weighted by Gasteiger charge is 2.18. The quantitative estimate of drug-likeness (QED) is 0.591. The molecular formula is C25H33N3O. The maximum Gasteiger partial charge on any atom is 0.122 e. The zero-order chi connectivity index (χ0) is 20.8. The van der Waals surface area contributed by atoms with Gasteiger partial charge in [-0.2, -0.15) is 5.10 Å². The van der Waals surface area contributed by atoms with Crippen LogP contribution in [0.5, 0.6) is 5.75 Å². The molecule has 1 aliphatic heterocycles. The molecular weight excluding hydrogens is 358 g/mol. The van der Waals surface area contributed by atoms with Gasteiger partial charge in [0.25, 0.3) is 0 Å². The summed E-state index contributed by atoms with van der Waals surface area (Å²) in [6.07, 6.45) is 10.5. The Morgan fingerprint density at radius 3 is 2.76 bits per heavy atom. The molecule has 0 N–H and O–H groups in total. The highest BCUT2D eigenvalue weighted by molar-refractivity contribution is 5.70. The summed E-state index contributed by atoms with van der Waals surface area (Å²) in [6.45, 7) is 12.8. The molecule has 1 aromatic heterocycles. The lowest BCUT2D eigenvalue weighted by atomic mass is 10.0. The first-order chi connectivity index (χ1) is 14.1. The van der Waals surface area contributed by atoms with Crippen molar-refractivity contribution in [3.05, 3.63) is 71.6 Å². The summed E-state index contributed by atoms with van der Waals surface area (Å²) in [6, 6.07) is 8.60. The second-order valence-electron chi connectivity index (χ2n) is 7.36. The molecule has 0 aliphatic carbocycles. The van der Waals surface area contributed by atoms with Gasteiger partial charge in [0.15, 0.2) is 0 Å². The zero-order valence-electron chi connectivity index (χ0n) is 18.2. The Bertz CT molecular complexity index is 920. The number of methoxy groups -OCH3 is 1. The highest BCUT2D eigenvalue weighted by Crippen LogP contribution is 2.29. The normalized spacial score (nSPS) is 16.2. The van der Waals surface area contributed by atoms with E-state index in [-0.39, 0.29) is 0 Å². The van der Waals surface area contributed by atoms with E-state index in [0.717, 1.165) is 67.2 Å². The predicted octanol–water partition coefficient (Wildman–Crippen LogP) is 5.55. The van der Waals surface area contributed by atoms with E-state index in [2.05, 4.69) is 79.4 Å². The number of hydrogen-bond acceptors (Lipinski definition) is 3. The molecule has 1 aliphatic rings. The number of aromatic nitrogens is 2. The van der Waals surface area contributed by atoms with Crippen LogP contribution in [0.2, 0.25) is 0 Å². The van der Waals surface area contributed by atoms with Crippen molar-refractivity contribution < 1.29 is 4.74 Å². The van der Waals surface area contributed by atoms with Gasteiger partial charge in [0, 0.05) is 24.3 Å². The Balaban J connectivity index is 2.05. The molecule has 154 valence electrons. The van der Waals surface area contributed by atoms with Gasteiger partial charge in [-0.3, -0.25) is 0 Å². The number of rotatable bonds is 8. The average Bonchev–Trinajstić information content (AvgIpc) is 3.14. The Morgan fingerprint density at radius 1 is 1.24 bits per heavy atom. The second kappa shape index (κ2) is 9.64. The topological polar surface area (TPSA) is 30.3 Å². The summed E-state index contributed by atoms with van der Waals surface area (Å²) in [7, 11) is 1.73. The van der Waals surface area contributed by atoms with Gasteiger partial charge in [-0.1, -0.05) is 32.6 Å². The lowest BCUT2D eigenvalue weighted by Crippen LogP contribution is -2.22. The van der Waals surface area contributed by atoms with Gasteiger partial charge in [0.1, 0.15) is 11.4 Å². The first-order valence-corrected chi connectivity index (χ1v) is 10.7. The average molecular weight is 392 g/mol. The van der Waals surface area contributed by atoms with E-state index in [1.807, 2.05) is 0 Å². The Hall–Kier alpha value is -2.75. The smallest absolute Gasteiger partial charge is 0.122 e. The minimum atomic E-state index is 0.927. The number of nitrogens with zero attached hydrogens (tertiary/aromatic N) is 3. The van der Waals surface area contributed by atoms with Gasteiger partial charge in [-0.25, -0.2) is 4.68 Å². The van der Waals surface area contributed by atoms with E-state index in [0.29, 0.717) is 0 Å². The van der Waals surface area contributed by atoms with Gasteiger partial charge >= 0.3 is 0 Å². The number of aryl methyl sites for hydroxylation is 2. The molecule has 0 saturated heterocycles. The zero-order valence-corrected chi connectivity index (χ0v) is 18.2. The minimum Gasteiger partial charge on any atom is -0.496 e. The van der Waals surface area contributed by atoms with Crippen LogP contribution in [0, 0.1) is 0 Å². The highest BCUT2D eigenvalue weighted by atomic mass is 16.5. The molecule has 0 radical (unpaired) electrons. The van der Waals surface area contributed by atoms with E-state index in [9.17, 15) is 0 Å². The summed E-state index contributed by atoms with van der Waals surface area (Å²) in [4.78, 5) is 2.31. The molecule has 0 atom stereocenters. The molecule has 0 unspecified atom stereocenters. The lowest BCUT2D eigenvalue weighted by Gasteiger charge is -2.23. The van der Waals surface area contributed by atoms with Crippen molar-refractivity contribution in [3.8, 4) is 5.75 Å². The summed E-state index contributed by atoms with van der Waals surface area (Å²) in [5.74, 6) is 0.936. The molecule has 2 heterocycles. The molecule has 0 amide bonds. The maximum absolute atomic E-state index is 5.52. The van der Waals surface area contributed by atoms with Crippen LogP contribution in [-0.4, -0.2) is 34.9 Å². The largest absolute Gasteiger partial charge is 0.496 e. The minimum absolute atomic E-state index is 0.927. The van der Waals surface area contributed by atoms with Crippen LogP contribution in [0.15, 0.2) is 49.1 Å². The van der Waals surface area contributed by atoms with E-state index in [1.54, 1.807) is 7.11 Å². The van der Waals surface area contributed by atoms with Gasteiger partial charge in [0.05, 0.1) is 18.5 Å². The molecule has 0 bridgehead atoms. The van der Waals surface area contributed by atoms with Crippen LogP contribution in [0.25, 0.3) is 11.4 Å². The van der Waals surface area contributed by atoms with Crippen molar-refractivity contribution in [3.63, 3.8) is 0 Å². The fraction of sp³-hybridized carbons (Fsp3) is 0.400. The second-order valence-corrected chi connectivity index (χ2v) is 7.36. The standard InChI is InChI=1S/C25H33N3O/c1-6-16-27(8-3)19(4)23-18-22-12-10-9-11-13-24(28(22)26-23)21-14-15-25(29-5)20(7-2)17-21/h9,11,13-15,17-18H,4,6-8,10,12,16H2,1-3,5H3/b11-9-,24-13-. The first-order valence-electron chi connectivity index (χ1n) is 10.7. The van der Waals surface area contributed by atoms with Gasteiger partial charge in [-0.15, -0.1) is 0 Å². The van der Waals surface area contributed by atoms with Crippen molar-refractivity contribution in [2.75, 3.05) is 20.2 Å². The van der Waals surface area contributed by atoms with Gasteiger partial charge in [0.2, 0.25) is 0 Å². The molecule has 3 rings (SSSR count). The van der Waals surface area contributed by atoms with E-state index in [1.165, 1.54) is 11.3 Å². The fourth-order valence-corrected chi connectivity index (χ4v) is 3.85. The molecule has 0 spiro atoms. The molecule has 0 fully saturated rings. The third kappa shape index (κ3) is 4.47. The van der Waals surface area contributed by atoms with Crippen LogP contribution in [0.3, 0.4) is 0 Å². The van der Waals surface area contributed by atoms with Crippen LogP contribution in [0.4, 0.5) is 0 Å². The predicted molar refractivity (Wildman–Crippen MR) is 122 cm³/mol. The monoisotopic (exact) mass is 391 g/mol.